The van der Waals surface area contributed by atoms with E-state index in [9.17, 15) is 5.11 Å². The van der Waals surface area contributed by atoms with Crippen molar-refractivity contribution in [2.24, 2.45) is 0 Å². The minimum Gasteiger partial charge on any atom is -0.507 e. The second-order valence-electron chi connectivity index (χ2n) is 9.87. The highest BCUT2D eigenvalue weighted by Crippen LogP contribution is 2.40. The van der Waals surface area contributed by atoms with Crippen LogP contribution in [-0.2, 0) is 0 Å². The second-order valence-corrected chi connectivity index (χ2v) is 9.87. The number of halogens is 1. The zero-order chi connectivity index (χ0) is 24.2. The molecular weight excluding hydrogens is 465 g/mol. The lowest BCUT2D eigenvalue weighted by Crippen LogP contribution is -2.57. The predicted octanol–water partition coefficient (Wildman–Crippen LogP) is 2.67. The summed E-state index contributed by atoms with van der Waals surface area (Å²) in [5.74, 6) is 1.59. The summed E-state index contributed by atoms with van der Waals surface area (Å²) in [4.78, 5) is 15.3. The van der Waals surface area contributed by atoms with Crippen LogP contribution in [0.3, 0.4) is 0 Å². The molecule has 0 radical (unpaired) electrons. The Morgan fingerprint density at radius 3 is 2.64 bits per heavy atom. The molecule has 186 valence electrons. The molecule has 10 nitrogen and oxygen atoms in total. The van der Waals surface area contributed by atoms with E-state index in [1.165, 1.54) is 0 Å². The molecule has 5 heterocycles. The summed E-state index contributed by atoms with van der Waals surface area (Å²) in [7, 11) is 0. The number of piperidine rings is 1. The monoisotopic (exact) mass is 491 g/mol. The number of ether oxygens (including phenoxy) is 2. The van der Waals surface area contributed by atoms with Gasteiger partial charge in [-0.25, -0.2) is 19.3 Å². The highest BCUT2D eigenvalue weighted by molar-refractivity contribution is 5.71. The van der Waals surface area contributed by atoms with Crippen LogP contribution in [0.25, 0.3) is 22.6 Å². The number of fused-ring (bicyclic) bond motifs is 3. The molecule has 2 aromatic heterocycles. The van der Waals surface area contributed by atoms with Gasteiger partial charge in [-0.05, 0) is 44.2 Å². The summed E-state index contributed by atoms with van der Waals surface area (Å²) in [6.45, 7) is 0.855. The van der Waals surface area contributed by atoms with Crippen molar-refractivity contribution in [2.45, 2.75) is 62.4 Å². The summed E-state index contributed by atoms with van der Waals surface area (Å²) in [6, 6.07) is 5.47. The Morgan fingerprint density at radius 1 is 1.00 bits per heavy atom. The highest BCUT2D eigenvalue weighted by atomic mass is 19.1. The number of hydrogen-bond donors (Lipinski definition) is 2. The summed E-state index contributed by atoms with van der Waals surface area (Å²) in [6.07, 6.45) is 7.02. The van der Waals surface area contributed by atoms with Crippen molar-refractivity contribution in [3.63, 3.8) is 0 Å². The first kappa shape index (κ1) is 21.7. The Bertz CT molecular complexity index is 1290. The molecule has 36 heavy (non-hydrogen) atoms. The fraction of sp³-hybridized carbons (Fsp3) is 0.480. The molecule has 2 N–H and O–H groups in total. The van der Waals surface area contributed by atoms with Crippen molar-refractivity contribution in [1.82, 2.24) is 30.5 Å². The molecule has 3 fully saturated rings. The molecule has 2 saturated heterocycles. The van der Waals surface area contributed by atoms with Crippen molar-refractivity contribution in [2.75, 3.05) is 18.1 Å². The first-order chi connectivity index (χ1) is 17.6. The van der Waals surface area contributed by atoms with Crippen LogP contribution in [0.4, 0.5) is 10.2 Å². The van der Waals surface area contributed by atoms with E-state index in [2.05, 4.69) is 35.4 Å². The lowest BCUT2D eigenvalue weighted by atomic mass is 9.96. The molecule has 7 rings (SSSR count). The maximum atomic E-state index is 15.3. The van der Waals surface area contributed by atoms with Gasteiger partial charge in [0.2, 0.25) is 0 Å². The molecule has 2 bridgehead atoms. The Hall–Kier alpha value is -3.60. The molecule has 3 aromatic rings. The van der Waals surface area contributed by atoms with Crippen LogP contribution < -0.4 is 19.7 Å². The quantitative estimate of drug-likeness (QED) is 0.551. The van der Waals surface area contributed by atoms with Gasteiger partial charge < -0.3 is 24.8 Å². The van der Waals surface area contributed by atoms with Crippen LogP contribution in [0.5, 0.6) is 17.5 Å². The lowest BCUT2D eigenvalue weighted by Gasteiger charge is -2.40. The van der Waals surface area contributed by atoms with Crippen LogP contribution in [0.15, 0.2) is 30.6 Å². The molecule has 4 atom stereocenters. The predicted molar refractivity (Wildman–Crippen MR) is 128 cm³/mol. The van der Waals surface area contributed by atoms with E-state index < -0.39 is 6.17 Å². The maximum Gasteiger partial charge on any atom is 0.278 e. The van der Waals surface area contributed by atoms with Crippen LogP contribution in [-0.4, -0.2) is 73.8 Å². The number of alkyl halides is 1. The number of rotatable bonds is 5. The molecule has 4 aliphatic rings. The SMILES string of the molecule is Oc1cc(-c2cnc3c(n2)OCCO3)ccc1-c1ncc(N(C2CC2)[C@H]2C[C@@H]3CC[C@@H](N3)[C@H]2F)nn1. The summed E-state index contributed by atoms with van der Waals surface area (Å²) < 4.78 is 26.2. The molecule has 0 amide bonds. The first-order valence-electron chi connectivity index (χ1n) is 12.5. The fourth-order valence-electron chi connectivity index (χ4n) is 5.59. The summed E-state index contributed by atoms with van der Waals surface area (Å²) in [5.41, 5.74) is 1.66. The third kappa shape index (κ3) is 3.78. The molecule has 0 unspecified atom stereocenters. The van der Waals surface area contributed by atoms with Gasteiger partial charge in [0.25, 0.3) is 11.8 Å². The third-order valence-electron chi connectivity index (χ3n) is 7.47. The van der Waals surface area contributed by atoms with Crippen LogP contribution in [0, 0.1) is 0 Å². The van der Waals surface area contributed by atoms with Gasteiger partial charge in [-0.2, -0.15) is 0 Å². The van der Waals surface area contributed by atoms with Gasteiger partial charge in [0.15, 0.2) is 11.6 Å². The third-order valence-corrected chi connectivity index (χ3v) is 7.47. The molecule has 3 aliphatic heterocycles. The number of phenols is 1. The van der Waals surface area contributed by atoms with Gasteiger partial charge in [0.05, 0.1) is 29.7 Å². The van der Waals surface area contributed by atoms with E-state index in [1.807, 2.05) is 0 Å². The summed E-state index contributed by atoms with van der Waals surface area (Å²) in [5, 5.41) is 22.9. The van der Waals surface area contributed by atoms with Crippen molar-refractivity contribution in [3.8, 4) is 40.2 Å². The van der Waals surface area contributed by atoms with E-state index in [4.69, 9.17) is 9.47 Å². The molecule has 1 saturated carbocycles. The largest absolute Gasteiger partial charge is 0.507 e. The molecule has 11 heteroatoms. The van der Waals surface area contributed by atoms with Gasteiger partial charge in [-0.3, -0.25) is 0 Å². The van der Waals surface area contributed by atoms with Crippen molar-refractivity contribution in [1.29, 1.82) is 0 Å². The molecular formula is C25H26FN7O3. The normalized spacial score (nSPS) is 26.6. The van der Waals surface area contributed by atoms with Gasteiger partial charge in [0.1, 0.15) is 25.1 Å². The minimum absolute atomic E-state index is 0.00320. The Morgan fingerprint density at radius 2 is 1.86 bits per heavy atom. The number of hydrogen-bond acceptors (Lipinski definition) is 10. The minimum atomic E-state index is -0.939. The number of aromatic hydroxyl groups is 1. The lowest BCUT2D eigenvalue weighted by molar-refractivity contribution is 0.157. The average molecular weight is 492 g/mol. The standard InChI is InChI=1S/C25H26FN7O3/c26-22-17-6-2-14(29-17)10-19(22)33(15-3-4-15)21-12-27-23(32-31-21)16-5-1-13(9-20(16)34)18-11-28-24-25(30-18)36-8-7-35-24/h1,5,9,11-12,14-15,17,19,22,29,34H,2-4,6-8,10H2/t14-,17+,19-,22+/m0/s1. The smallest absolute Gasteiger partial charge is 0.278 e. The maximum absolute atomic E-state index is 15.3. The van der Waals surface area contributed by atoms with Crippen LogP contribution >= 0.6 is 0 Å². The summed E-state index contributed by atoms with van der Waals surface area (Å²) >= 11 is 0. The number of nitrogens with zero attached hydrogens (tertiary/aromatic N) is 6. The van der Waals surface area contributed by atoms with Crippen molar-refractivity contribution < 1.29 is 19.0 Å². The molecule has 1 aromatic carbocycles. The zero-order valence-corrected chi connectivity index (χ0v) is 19.5. The van der Waals surface area contributed by atoms with Crippen LogP contribution in [0.2, 0.25) is 0 Å². The van der Waals surface area contributed by atoms with Crippen molar-refractivity contribution >= 4 is 5.82 Å². The van der Waals surface area contributed by atoms with Crippen molar-refractivity contribution in [3.05, 3.63) is 30.6 Å². The topological polar surface area (TPSA) is 118 Å². The number of benzene rings is 1. The van der Waals surface area contributed by atoms with E-state index in [1.54, 1.807) is 30.6 Å². The number of anilines is 1. The van der Waals surface area contributed by atoms with E-state index >= 15 is 4.39 Å². The van der Waals surface area contributed by atoms with Gasteiger partial charge >= 0.3 is 0 Å². The molecule has 1 aliphatic carbocycles. The average Bonchev–Trinajstić information content (AvgIpc) is 3.66. The zero-order valence-electron chi connectivity index (χ0n) is 19.5. The number of aromatic nitrogens is 5. The fourth-order valence-corrected chi connectivity index (χ4v) is 5.59. The van der Waals surface area contributed by atoms with E-state index in [0.29, 0.717) is 59.5 Å². The second kappa shape index (κ2) is 8.51. The Kier molecular flexibility index (Phi) is 5.12. The van der Waals surface area contributed by atoms with Gasteiger partial charge in [-0.15, -0.1) is 10.2 Å². The van der Waals surface area contributed by atoms with Gasteiger partial charge in [0, 0.05) is 23.7 Å². The Labute approximate surface area is 206 Å². The van der Waals surface area contributed by atoms with Crippen LogP contribution in [0.1, 0.15) is 32.1 Å². The van der Waals surface area contributed by atoms with E-state index in [-0.39, 0.29) is 23.9 Å². The first-order valence-corrected chi connectivity index (χ1v) is 12.5. The Balaban J connectivity index is 1.14. The van der Waals surface area contributed by atoms with E-state index in [0.717, 1.165) is 32.1 Å². The highest BCUT2D eigenvalue weighted by Gasteiger charge is 2.48. The van der Waals surface area contributed by atoms with Gasteiger partial charge in [-0.1, -0.05) is 6.07 Å². The number of phenolic OH excluding ortho intramolecular Hbond substituents is 1. The number of nitrogens with one attached hydrogen (secondary N) is 1. The molecule has 0 spiro atoms.